The van der Waals surface area contributed by atoms with Crippen LogP contribution in [0.5, 0.6) is 0 Å². The maximum absolute atomic E-state index is 13.0. The van der Waals surface area contributed by atoms with Gasteiger partial charge in [-0.25, -0.2) is 4.39 Å². The van der Waals surface area contributed by atoms with Gasteiger partial charge in [-0.15, -0.1) is 0 Å². The summed E-state index contributed by atoms with van der Waals surface area (Å²) in [6.45, 7) is 7.71. The first-order valence-electron chi connectivity index (χ1n) is 10.4. The first kappa shape index (κ1) is 21.9. The van der Waals surface area contributed by atoms with Crippen molar-refractivity contribution >= 4 is 23.2 Å². The zero-order valence-electron chi connectivity index (χ0n) is 17.6. The number of hydrogen-bond acceptors (Lipinski definition) is 4. The van der Waals surface area contributed by atoms with Gasteiger partial charge < -0.3 is 10.2 Å². The Hall–Kier alpha value is -2.77. The lowest BCUT2D eigenvalue weighted by molar-refractivity contribution is -0.124. The molecule has 1 saturated heterocycles. The van der Waals surface area contributed by atoms with E-state index < -0.39 is 0 Å². The van der Waals surface area contributed by atoms with Crippen LogP contribution >= 0.6 is 0 Å². The van der Waals surface area contributed by atoms with Crippen LogP contribution in [-0.2, 0) is 9.59 Å². The lowest BCUT2D eigenvalue weighted by atomic mass is 10.1. The molecule has 1 aliphatic rings. The highest BCUT2D eigenvalue weighted by Crippen LogP contribution is 2.17. The number of hydrogen-bond donors (Lipinski definition) is 1. The molecular formula is C23H29FN4O2. The number of rotatable bonds is 7. The Labute approximate surface area is 177 Å². The van der Waals surface area contributed by atoms with Crippen LogP contribution in [-0.4, -0.2) is 66.9 Å². The molecule has 1 heterocycles. The van der Waals surface area contributed by atoms with Crippen molar-refractivity contribution in [2.75, 3.05) is 49.5 Å². The van der Waals surface area contributed by atoms with Gasteiger partial charge in [0.05, 0.1) is 12.6 Å². The maximum Gasteiger partial charge on any atom is 0.244 e. The van der Waals surface area contributed by atoms with E-state index in [1.807, 2.05) is 49.1 Å². The molecule has 0 aromatic heterocycles. The van der Waals surface area contributed by atoms with E-state index in [2.05, 4.69) is 15.1 Å². The summed E-state index contributed by atoms with van der Waals surface area (Å²) in [6, 6.07) is 15.2. The minimum Gasteiger partial charge on any atom is -0.325 e. The molecule has 7 heteroatoms. The van der Waals surface area contributed by atoms with Crippen LogP contribution in [0.1, 0.15) is 13.8 Å². The van der Waals surface area contributed by atoms with Crippen molar-refractivity contribution in [3.05, 3.63) is 60.4 Å². The second kappa shape index (κ2) is 10.3. The van der Waals surface area contributed by atoms with E-state index in [0.717, 1.165) is 18.8 Å². The first-order valence-corrected chi connectivity index (χ1v) is 10.4. The summed E-state index contributed by atoms with van der Waals surface area (Å²) in [5, 5.41) is 2.79. The Morgan fingerprint density at radius 3 is 2.27 bits per heavy atom. The molecule has 1 atom stereocenters. The molecule has 2 aromatic carbocycles. The molecule has 0 radical (unpaired) electrons. The van der Waals surface area contributed by atoms with Crippen molar-refractivity contribution in [1.82, 2.24) is 9.80 Å². The third-order valence-electron chi connectivity index (χ3n) is 5.46. The second-order valence-corrected chi connectivity index (χ2v) is 7.46. The summed E-state index contributed by atoms with van der Waals surface area (Å²) in [6.07, 6.45) is 0. The van der Waals surface area contributed by atoms with Crippen molar-refractivity contribution < 1.29 is 14.0 Å². The van der Waals surface area contributed by atoms with Gasteiger partial charge in [0.15, 0.2) is 0 Å². The van der Waals surface area contributed by atoms with E-state index in [9.17, 15) is 14.0 Å². The van der Waals surface area contributed by atoms with Crippen LogP contribution < -0.4 is 10.2 Å². The first-order chi connectivity index (χ1) is 14.5. The second-order valence-electron chi connectivity index (χ2n) is 7.46. The molecule has 1 aliphatic heterocycles. The van der Waals surface area contributed by atoms with E-state index in [4.69, 9.17) is 0 Å². The van der Waals surface area contributed by atoms with Gasteiger partial charge in [0.25, 0.3) is 0 Å². The molecule has 0 saturated carbocycles. The van der Waals surface area contributed by atoms with Gasteiger partial charge in [-0.3, -0.25) is 19.4 Å². The summed E-state index contributed by atoms with van der Waals surface area (Å²) < 4.78 is 13.0. The fourth-order valence-corrected chi connectivity index (χ4v) is 3.70. The number of para-hydroxylation sites is 1. The predicted octanol–water partition coefficient (Wildman–Crippen LogP) is 2.82. The number of piperazine rings is 1. The molecule has 0 unspecified atom stereocenters. The molecule has 160 valence electrons. The summed E-state index contributed by atoms with van der Waals surface area (Å²) in [5.74, 6) is -0.367. The minimum absolute atomic E-state index is 0.0891. The van der Waals surface area contributed by atoms with E-state index in [1.54, 1.807) is 12.1 Å². The molecule has 2 amide bonds. The number of likely N-dealkylation sites (N-methyl/N-ethyl adjacent to an activating group) is 1. The van der Waals surface area contributed by atoms with Gasteiger partial charge in [-0.1, -0.05) is 18.2 Å². The van der Waals surface area contributed by atoms with Crippen LogP contribution in [0.25, 0.3) is 0 Å². The Balaban J connectivity index is 1.48. The average Bonchev–Trinajstić information content (AvgIpc) is 2.76. The number of carbonyl (C=O) groups is 2. The van der Waals surface area contributed by atoms with Gasteiger partial charge in [-0.05, 0) is 50.2 Å². The summed E-state index contributed by atoms with van der Waals surface area (Å²) in [4.78, 5) is 31.3. The van der Waals surface area contributed by atoms with Gasteiger partial charge in [0, 0.05) is 44.1 Å². The average molecular weight is 413 g/mol. The van der Waals surface area contributed by atoms with Crippen LogP contribution in [0, 0.1) is 5.82 Å². The fourth-order valence-electron chi connectivity index (χ4n) is 3.70. The van der Waals surface area contributed by atoms with Crippen LogP contribution in [0.4, 0.5) is 15.8 Å². The Morgan fingerprint density at radius 2 is 1.67 bits per heavy atom. The van der Waals surface area contributed by atoms with Crippen LogP contribution in [0.15, 0.2) is 54.6 Å². The van der Waals surface area contributed by atoms with E-state index in [1.165, 1.54) is 12.1 Å². The molecule has 0 spiro atoms. The quantitative estimate of drug-likeness (QED) is 0.760. The minimum atomic E-state index is -0.332. The summed E-state index contributed by atoms with van der Waals surface area (Å²) in [7, 11) is 0. The van der Waals surface area contributed by atoms with Gasteiger partial charge in [-0.2, -0.15) is 0 Å². The third-order valence-corrected chi connectivity index (χ3v) is 5.46. The summed E-state index contributed by atoms with van der Waals surface area (Å²) >= 11 is 0. The zero-order chi connectivity index (χ0) is 21.5. The van der Waals surface area contributed by atoms with Gasteiger partial charge >= 0.3 is 0 Å². The fraction of sp³-hybridized carbons (Fsp3) is 0.391. The Bertz CT molecular complexity index is 836. The molecule has 30 heavy (non-hydrogen) atoms. The Morgan fingerprint density at radius 1 is 1.03 bits per heavy atom. The van der Waals surface area contributed by atoms with E-state index in [0.29, 0.717) is 25.3 Å². The number of benzene rings is 2. The van der Waals surface area contributed by atoms with Gasteiger partial charge in [0.2, 0.25) is 11.8 Å². The smallest absolute Gasteiger partial charge is 0.244 e. The molecule has 0 bridgehead atoms. The summed E-state index contributed by atoms with van der Waals surface area (Å²) in [5.41, 5.74) is 1.49. The maximum atomic E-state index is 13.0. The number of anilines is 2. The van der Waals surface area contributed by atoms with Crippen molar-refractivity contribution in [2.24, 2.45) is 0 Å². The number of amides is 2. The lowest BCUT2D eigenvalue weighted by Gasteiger charge is -2.38. The van der Waals surface area contributed by atoms with Crippen LogP contribution in [0.3, 0.4) is 0 Å². The standard InChI is InChI=1S/C23H29FN4O2/c1-3-28(21-7-5-4-6-8-21)23(30)18(2)27-15-13-26(14-16-27)17-22(29)25-20-11-9-19(24)10-12-20/h4-12,18H,3,13-17H2,1-2H3,(H,25,29)/t18-/m1/s1. The molecule has 0 aliphatic carbocycles. The molecule has 2 aromatic rings. The van der Waals surface area contributed by atoms with Crippen molar-refractivity contribution in [1.29, 1.82) is 0 Å². The highest BCUT2D eigenvalue weighted by molar-refractivity contribution is 5.97. The van der Waals surface area contributed by atoms with Crippen molar-refractivity contribution in [2.45, 2.75) is 19.9 Å². The topological polar surface area (TPSA) is 55.9 Å². The van der Waals surface area contributed by atoms with E-state index >= 15 is 0 Å². The van der Waals surface area contributed by atoms with Gasteiger partial charge in [0.1, 0.15) is 5.82 Å². The van der Waals surface area contributed by atoms with Crippen LogP contribution in [0.2, 0.25) is 0 Å². The normalized spacial score (nSPS) is 16.1. The lowest BCUT2D eigenvalue weighted by Crippen LogP contribution is -2.55. The zero-order valence-corrected chi connectivity index (χ0v) is 17.6. The molecule has 3 rings (SSSR count). The molecule has 1 N–H and O–H groups in total. The highest BCUT2D eigenvalue weighted by atomic mass is 19.1. The third kappa shape index (κ3) is 5.64. The van der Waals surface area contributed by atoms with E-state index in [-0.39, 0.29) is 30.2 Å². The number of carbonyl (C=O) groups excluding carboxylic acids is 2. The number of nitrogens with one attached hydrogen (secondary N) is 1. The number of nitrogens with zero attached hydrogens (tertiary/aromatic N) is 3. The predicted molar refractivity (Wildman–Crippen MR) is 117 cm³/mol. The molecular weight excluding hydrogens is 383 g/mol. The highest BCUT2D eigenvalue weighted by Gasteiger charge is 2.29. The largest absolute Gasteiger partial charge is 0.325 e. The van der Waals surface area contributed by atoms with Crippen molar-refractivity contribution in [3.8, 4) is 0 Å². The molecule has 1 fully saturated rings. The SMILES string of the molecule is CCN(C(=O)[C@@H](C)N1CCN(CC(=O)Nc2ccc(F)cc2)CC1)c1ccccc1. The van der Waals surface area contributed by atoms with Crippen molar-refractivity contribution in [3.63, 3.8) is 0 Å². The Kier molecular flexibility index (Phi) is 7.54. The molecule has 6 nitrogen and oxygen atoms in total. The monoisotopic (exact) mass is 412 g/mol. The number of halogens is 1.